The van der Waals surface area contributed by atoms with Crippen LogP contribution in [-0.2, 0) is 0 Å². The van der Waals surface area contributed by atoms with Crippen molar-refractivity contribution >= 4 is 11.0 Å². The maximum absolute atomic E-state index is 8.16. The molecule has 0 amide bonds. The molecule has 6 heteroatoms. The topological polar surface area (TPSA) is 75.7 Å². The lowest BCUT2D eigenvalue weighted by Gasteiger charge is -1.86. The summed E-state index contributed by atoms with van der Waals surface area (Å²) in [5.41, 5.74) is 1.24. The first-order chi connectivity index (χ1) is 5.92. The number of rotatable bonds is 1. The van der Waals surface area contributed by atoms with Gasteiger partial charge in [-0.25, -0.2) is 0 Å². The Bertz CT molecular complexity index is 421. The molecule has 0 atom stereocenters. The van der Waals surface area contributed by atoms with E-state index in [1.807, 2.05) is 0 Å². The molecular weight excluding hydrogens is 158 g/mol. The highest BCUT2D eigenvalue weighted by molar-refractivity contribution is 5.72. The van der Waals surface area contributed by atoms with Gasteiger partial charge >= 0.3 is 0 Å². The molecular formula is C6H4N5O. The van der Waals surface area contributed by atoms with E-state index in [1.54, 1.807) is 18.2 Å². The molecule has 0 bridgehead atoms. The maximum Gasteiger partial charge on any atom is 0.123 e. The molecule has 6 nitrogen and oxygen atoms in total. The number of aromatic nitrogens is 3. The van der Waals surface area contributed by atoms with Crippen LogP contribution in [0.25, 0.3) is 11.0 Å². The highest BCUT2D eigenvalue weighted by Crippen LogP contribution is 2.08. The molecule has 0 aliphatic heterocycles. The molecule has 1 N–H and O–H groups in total. The van der Waals surface area contributed by atoms with Crippen LogP contribution in [0.4, 0.5) is 0 Å². The smallest absolute Gasteiger partial charge is 0.123 e. The molecule has 1 radical (unpaired) electrons. The molecule has 0 saturated heterocycles. The molecule has 12 heavy (non-hydrogen) atoms. The summed E-state index contributed by atoms with van der Waals surface area (Å²) < 4.78 is 0. The Morgan fingerprint density at radius 1 is 1.58 bits per heavy atom. The van der Waals surface area contributed by atoms with Crippen LogP contribution in [-0.4, -0.2) is 20.3 Å². The number of hydrogen-bond donors (Lipinski definition) is 1. The Morgan fingerprint density at radius 2 is 2.50 bits per heavy atom. The van der Waals surface area contributed by atoms with Crippen molar-refractivity contribution in [3.63, 3.8) is 0 Å². The Balaban J connectivity index is 2.70. The van der Waals surface area contributed by atoms with E-state index < -0.39 is 0 Å². The first-order valence-electron chi connectivity index (χ1n) is 3.19. The summed E-state index contributed by atoms with van der Waals surface area (Å²) in [6.45, 7) is 0. The normalized spacial score (nSPS) is 11.3. The fourth-order valence-corrected chi connectivity index (χ4v) is 0.900. The van der Waals surface area contributed by atoms with Crippen LogP contribution in [0.1, 0.15) is 0 Å². The van der Waals surface area contributed by atoms with E-state index in [0.29, 0.717) is 11.0 Å². The zero-order chi connectivity index (χ0) is 8.39. The van der Waals surface area contributed by atoms with Gasteiger partial charge in [-0.3, -0.25) is 0 Å². The van der Waals surface area contributed by atoms with Gasteiger partial charge in [0.15, 0.2) is 0 Å². The summed E-state index contributed by atoms with van der Waals surface area (Å²) in [7, 11) is 0. The second-order valence-electron chi connectivity index (χ2n) is 2.06. The Kier molecular flexibility index (Phi) is 1.44. The zero-order valence-electron chi connectivity index (χ0n) is 5.92. The highest BCUT2D eigenvalue weighted by Gasteiger charge is 2.00. The van der Waals surface area contributed by atoms with Gasteiger partial charge < -0.3 is 5.21 Å². The van der Waals surface area contributed by atoms with Crippen LogP contribution < -0.4 is 0 Å². The van der Waals surface area contributed by atoms with Crippen molar-refractivity contribution in [2.75, 3.05) is 0 Å². The van der Waals surface area contributed by atoms with Gasteiger partial charge in [-0.1, -0.05) is 12.1 Å². The number of nitrogens with zero attached hydrogens (tertiary/aromatic N) is 5. The molecule has 2 aromatic rings. The molecule has 0 unspecified atom stereocenters. The molecule has 1 aromatic carbocycles. The molecule has 2 rings (SSSR count). The molecule has 1 heterocycles. The molecule has 0 spiro atoms. The summed E-state index contributed by atoms with van der Waals surface area (Å²) in [6.07, 6.45) is 0. The first-order valence-corrected chi connectivity index (χ1v) is 3.19. The van der Waals surface area contributed by atoms with Gasteiger partial charge in [-0.2, -0.15) is 0 Å². The molecule has 59 valence electrons. The van der Waals surface area contributed by atoms with E-state index in [2.05, 4.69) is 26.9 Å². The third-order valence-electron chi connectivity index (χ3n) is 1.38. The number of hydrogen-bond acceptors (Lipinski definition) is 4. The van der Waals surface area contributed by atoms with Crippen LogP contribution in [0.3, 0.4) is 0 Å². The van der Waals surface area contributed by atoms with E-state index >= 15 is 0 Å². The van der Waals surface area contributed by atoms with Crippen molar-refractivity contribution < 1.29 is 5.21 Å². The van der Waals surface area contributed by atoms with E-state index in [1.165, 1.54) is 0 Å². The summed E-state index contributed by atoms with van der Waals surface area (Å²) in [5, 5.41) is 21.4. The monoisotopic (exact) mass is 162 g/mol. The summed E-state index contributed by atoms with van der Waals surface area (Å²) in [4.78, 5) is 1.12. The van der Waals surface area contributed by atoms with Gasteiger partial charge in [0.1, 0.15) is 11.0 Å². The van der Waals surface area contributed by atoms with Crippen LogP contribution in [0.2, 0.25) is 0 Å². The minimum Gasteiger partial charge on any atom is -0.393 e. The second kappa shape index (κ2) is 2.57. The summed E-state index contributed by atoms with van der Waals surface area (Å²) in [5.74, 6) is 0. The average molecular weight is 162 g/mol. The van der Waals surface area contributed by atoms with E-state index in [-0.39, 0.29) is 0 Å². The van der Waals surface area contributed by atoms with Crippen LogP contribution in [0.15, 0.2) is 28.7 Å². The van der Waals surface area contributed by atoms with Crippen LogP contribution in [0.5, 0.6) is 0 Å². The van der Waals surface area contributed by atoms with Gasteiger partial charge in [0.2, 0.25) is 0 Å². The number of benzene rings is 1. The SMILES string of the molecule is O/N=N/n1nnc2[c]cccc21. The Morgan fingerprint density at radius 3 is 3.33 bits per heavy atom. The van der Waals surface area contributed by atoms with Crippen molar-refractivity contribution in [3.05, 3.63) is 24.3 Å². The van der Waals surface area contributed by atoms with Gasteiger partial charge in [0, 0.05) is 11.3 Å². The van der Waals surface area contributed by atoms with E-state index in [4.69, 9.17) is 5.21 Å². The van der Waals surface area contributed by atoms with Gasteiger partial charge in [0.05, 0.1) is 0 Å². The third kappa shape index (κ3) is 0.895. The van der Waals surface area contributed by atoms with Crippen molar-refractivity contribution in [2.45, 2.75) is 0 Å². The van der Waals surface area contributed by atoms with Gasteiger partial charge in [-0.05, 0) is 16.5 Å². The summed E-state index contributed by atoms with van der Waals surface area (Å²) in [6, 6.07) is 8.09. The largest absolute Gasteiger partial charge is 0.393 e. The molecule has 0 aliphatic rings. The lowest BCUT2D eigenvalue weighted by atomic mass is 10.3. The molecule has 0 saturated carbocycles. The fourth-order valence-electron chi connectivity index (χ4n) is 0.900. The third-order valence-corrected chi connectivity index (χ3v) is 1.38. The minimum absolute atomic E-state index is 0.588. The average Bonchev–Trinajstić information content (AvgIpc) is 2.50. The fraction of sp³-hybridized carbons (Fsp3) is 0. The molecule has 0 fully saturated rings. The zero-order valence-corrected chi connectivity index (χ0v) is 5.92. The van der Waals surface area contributed by atoms with Gasteiger partial charge in [0.25, 0.3) is 0 Å². The van der Waals surface area contributed by atoms with Crippen molar-refractivity contribution in [1.29, 1.82) is 0 Å². The molecule has 1 aromatic heterocycles. The minimum atomic E-state index is 0.588. The predicted molar refractivity (Wildman–Crippen MR) is 38.4 cm³/mol. The van der Waals surface area contributed by atoms with E-state index in [9.17, 15) is 0 Å². The second-order valence-corrected chi connectivity index (χ2v) is 2.06. The van der Waals surface area contributed by atoms with Crippen molar-refractivity contribution in [3.8, 4) is 0 Å². The van der Waals surface area contributed by atoms with Crippen molar-refractivity contribution in [2.24, 2.45) is 10.5 Å². The highest BCUT2D eigenvalue weighted by atomic mass is 16.5. The number of fused-ring (bicyclic) bond motifs is 1. The standard InChI is InChI=1S/C6H4N5O/c12-10-9-11-6-4-2-1-3-5(6)7-8-11/h1-2,4H,(H,9,12). The summed E-state index contributed by atoms with van der Waals surface area (Å²) >= 11 is 0. The first kappa shape index (κ1) is 6.71. The van der Waals surface area contributed by atoms with Gasteiger partial charge in [-0.15, -0.1) is 9.89 Å². The lowest BCUT2D eigenvalue weighted by molar-refractivity contribution is 0.270. The lowest BCUT2D eigenvalue weighted by Crippen LogP contribution is -1.88. The molecule has 0 aliphatic carbocycles. The van der Waals surface area contributed by atoms with E-state index in [0.717, 1.165) is 4.79 Å². The quantitative estimate of drug-likeness (QED) is 0.498. The van der Waals surface area contributed by atoms with Crippen molar-refractivity contribution in [1.82, 2.24) is 15.1 Å². The van der Waals surface area contributed by atoms with Crippen LogP contribution in [0, 0.1) is 6.07 Å². The predicted octanol–water partition coefficient (Wildman–Crippen LogP) is 0.836. The Hall–Kier alpha value is -1.98. The Labute approximate surface area is 67.1 Å². The van der Waals surface area contributed by atoms with Crippen LogP contribution >= 0.6 is 0 Å². The maximum atomic E-state index is 8.16.